The molecule has 1 heterocycles. The third kappa shape index (κ3) is 4.07. The molecule has 1 aromatic heterocycles. The van der Waals surface area contributed by atoms with Crippen LogP contribution in [0.25, 0.3) is 11.0 Å². The molecule has 5 rings (SSSR count). The van der Waals surface area contributed by atoms with Crippen LogP contribution in [0.4, 0.5) is 0 Å². The second kappa shape index (κ2) is 9.69. The summed E-state index contributed by atoms with van der Waals surface area (Å²) in [4.78, 5) is 0. The predicted molar refractivity (Wildman–Crippen MR) is 135 cm³/mol. The molecule has 32 heavy (non-hydrogen) atoms. The van der Waals surface area contributed by atoms with E-state index < -0.39 is 7.26 Å². The van der Waals surface area contributed by atoms with Crippen molar-refractivity contribution < 1.29 is 16.8 Å². The summed E-state index contributed by atoms with van der Waals surface area (Å²) in [7, 11) is -2.04. The van der Waals surface area contributed by atoms with E-state index in [1.807, 2.05) is 12.1 Å². The van der Waals surface area contributed by atoms with Gasteiger partial charge in [0.25, 0.3) is 0 Å². The van der Waals surface area contributed by atoms with Gasteiger partial charge >= 0.3 is 0 Å². The summed E-state index contributed by atoms with van der Waals surface area (Å²) >= 11 is 12.9. The first-order chi connectivity index (χ1) is 15.2. The molecule has 0 amide bonds. The van der Waals surface area contributed by atoms with Crippen molar-refractivity contribution in [1.29, 1.82) is 0 Å². The summed E-state index contributed by atoms with van der Waals surface area (Å²) in [5, 5.41) is 6.02. The first kappa shape index (κ1) is 22.9. The van der Waals surface area contributed by atoms with E-state index in [0.717, 1.165) is 17.3 Å². The SMILES string of the molecule is Clc1ccc(Cl)c2oc(C[P+](c3ccccc3)(c3ccccc3)c3ccccc3)cc12.[Cl-]. The van der Waals surface area contributed by atoms with Gasteiger partial charge in [-0.05, 0) is 54.6 Å². The average Bonchev–Trinajstić information content (AvgIpc) is 3.27. The first-order valence-electron chi connectivity index (χ1n) is 10.1. The third-order valence-corrected chi connectivity index (χ3v) is 10.6. The van der Waals surface area contributed by atoms with Crippen LogP contribution in [-0.2, 0) is 6.16 Å². The molecule has 0 radical (unpaired) electrons. The van der Waals surface area contributed by atoms with Gasteiger partial charge in [-0.2, -0.15) is 0 Å². The third-order valence-electron chi connectivity index (χ3n) is 5.62. The normalized spacial score (nSPS) is 11.3. The Labute approximate surface area is 204 Å². The lowest BCUT2D eigenvalue weighted by atomic mass is 10.2. The van der Waals surface area contributed by atoms with Crippen molar-refractivity contribution >= 4 is 57.3 Å². The maximum Gasteiger partial charge on any atom is 0.154 e. The lowest BCUT2D eigenvalue weighted by molar-refractivity contribution is -0.00000636. The Hall–Kier alpha value is -2.28. The zero-order chi connectivity index (χ0) is 21.3. The average molecular weight is 498 g/mol. The fourth-order valence-electron chi connectivity index (χ4n) is 4.19. The predicted octanol–water partition coefficient (Wildman–Crippen LogP) is 4.24. The number of hydrogen-bond acceptors (Lipinski definition) is 1. The van der Waals surface area contributed by atoms with Crippen molar-refractivity contribution in [3.63, 3.8) is 0 Å². The summed E-state index contributed by atoms with van der Waals surface area (Å²) < 4.78 is 6.31. The van der Waals surface area contributed by atoms with Gasteiger partial charge < -0.3 is 16.8 Å². The Morgan fingerprint density at radius 1 is 0.594 bits per heavy atom. The van der Waals surface area contributed by atoms with Gasteiger partial charge in [-0.25, -0.2) is 0 Å². The number of furan rings is 1. The molecule has 0 N–H and O–H groups in total. The van der Waals surface area contributed by atoms with Gasteiger partial charge in [-0.1, -0.05) is 77.8 Å². The molecule has 0 saturated heterocycles. The van der Waals surface area contributed by atoms with Crippen molar-refractivity contribution in [3.8, 4) is 0 Å². The number of rotatable bonds is 5. The van der Waals surface area contributed by atoms with Crippen LogP contribution in [0.1, 0.15) is 5.76 Å². The molecule has 0 aliphatic heterocycles. The topological polar surface area (TPSA) is 13.1 Å². The van der Waals surface area contributed by atoms with Gasteiger partial charge in [-0.15, -0.1) is 0 Å². The molecule has 0 atom stereocenters. The molecule has 1 nitrogen and oxygen atoms in total. The zero-order valence-corrected chi connectivity index (χ0v) is 20.3. The van der Waals surface area contributed by atoms with E-state index in [0.29, 0.717) is 15.6 Å². The Kier molecular flexibility index (Phi) is 6.93. The summed E-state index contributed by atoms with van der Waals surface area (Å²) in [5.74, 6) is 0.884. The largest absolute Gasteiger partial charge is 1.00 e. The molecule has 0 spiro atoms. The lowest BCUT2D eigenvalue weighted by Crippen LogP contribution is -3.00. The van der Waals surface area contributed by atoms with Gasteiger partial charge in [0.05, 0.1) is 10.0 Å². The molecular weight excluding hydrogens is 478 g/mol. The summed E-state index contributed by atoms with van der Waals surface area (Å²) in [5.41, 5.74) is 0.649. The molecule has 0 fully saturated rings. The van der Waals surface area contributed by atoms with Crippen molar-refractivity contribution in [2.45, 2.75) is 6.16 Å². The first-order valence-corrected chi connectivity index (χ1v) is 12.8. The highest BCUT2D eigenvalue weighted by atomic mass is 35.5. The number of halogens is 3. The van der Waals surface area contributed by atoms with Crippen LogP contribution < -0.4 is 28.3 Å². The highest BCUT2D eigenvalue weighted by molar-refractivity contribution is 7.95. The minimum Gasteiger partial charge on any atom is -1.00 e. The summed E-state index contributed by atoms with van der Waals surface area (Å²) in [6.07, 6.45) is 0.742. The van der Waals surface area contributed by atoms with E-state index in [-0.39, 0.29) is 12.4 Å². The maximum absolute atomic E-state index is 6.46. The maximum atomic E-state index is 6.46. The van der Waals surface area contributed by atoms with Crippen LogP contribution in [0.3, 0.4) is 0 Å². The minimum atomic E-state index is -2.04. The van der Waals surface area contributed by atoms with Crippen LogP contribution in [0, 0.1) is 0 Å². The summed E-state index contributed by atoms with van der Waals surface area (Å²) in [6.45, 7) is 0. The monoisotopic (exact) mass is 496 g/mol. The number of fused-ring (bicyclic) bond motifs is 1. The highest BCUT2D eigenvalue weighted by Crippen LogP contribution is 2.58. The van der Waals surface area contributed by atoms with Crippen LogP contribution in [0.2, 0.25) is 10.0 Å². The van der Waals surface area contributed by atoms with Crippen LogP contribution in [-0.4, -0.2) is 0 Å². The Morgan fingerprint density at radius 2 is 1.03 bits per heavy atom. The van der Waals surface area contributed by atoms with E-state index >= 15 is 0 Å². The van der Waals surface area contributed by atoms with Crippen molar-refractivity contribution in [2.75, 3.05) is 0 Å². The van der Waals surface area contributed by atoms with Crippen molar-refractivity contribution in [1.82, 2.24) is 0 Å². The molecule has 0 bridgehead atoms. The molecule has 0 aliphatic rings. The van der Waals surface area contributed by atoms with Crippen LogP contribution in [0.15, 0.2) is 114 Å². The van der Waals surface area contributed by atoms with Gasteiger partial charge in [-0.3, -0.25) is 0 Å². The van der Waals surface area contributed by atoms with Gasteiger partial charge in [0.1, 0.15) is 35.1 Å². The smallest absolute Gasteiger partial charge is 0.154 e. The molecule has 5 aromatic rings. The van der Waals surface area contributed by atoms with Gasteiger partial charge in [0.15, 0.2) is 5.58 Å². The number of benzene rings is 4. The second-order valence-electron chi connectivity index (χ2n) is 7.46. The molecule has 4 aromatic carbocycles. The Morgan fingerprint density at radius 3 is 1.47 bits per heavy atom. The van der Waals surface area contributed by atoms with E-state index in [1.165, 1.54) is 15.9 Å². The minimum absolute atomic E-state index is 0. The molecular formula is C27H20Cl3OP. The summed E-state index contributed by atoms with van der Waals surface area (Å²) in [6, 6.07) is 37.9. The van der Waals surface area contributed by atoms with E-state index in [1.54, 1.807) is 6.07 Å². The van der Waals surface area contributed by atoms with Crippen molar-refractivity contribution in [2.24, 2.45) is 0 Å². The zero-order valence-electron chi connectivity index (χ0n) is 17.1. The van der Waals surface area contributed by atoms with Gasteiger partial charge in [0, 0.05) is 5.39 Å². The highest BCUT2D eigenvalue weighted by Gasteiger charge is 2.46. The Balaban J connectivity index is 0.00000245. The van der Waals surface area contributed by atoms with Crippen molar-refractivity contribution in [3.05, 3.63) is 125 Å². The van der Waals surface area contributed by atoms with Crippen LogP contribution in [0.5, 0.6) is 0 Å². The fourth-order valence-corrected chi connectivity index (χ4v) is 8.70. The quantitative estimate of drug-likeness (QED) is 0.331. The van der Waals surface area contributed by atoms with Gasteiger partial charge in [0.2, 0.25) is 0 Å². The van der Waals surface area contributed by atoms with E-state index in [9.17, 15) is 0 Å². The molecule has 0 unspecified atom stereocenters. The second-order valence-corrected chi connectivity index (χ2v) is 11.8. The lowest BCUT2D eigenvalue weighted by Gasteiger charge is -2.26. The molecule has 0 aliphatic carbocycles. The van der Waals surface area contributed by atoms with E-state index in [2.05, 4.69) is 91.0 Å². The van der Waals surface area contributed by atoms with Crippen LogP contribution >= 0.6 is 30.5 Å². The molecule has 0 saturated carbocycles. The number of hydrogen-bond donors (Lipinski definition) is 0. The van der Waals surface area contributed by atoms with E-state index in [4.69, 9.17) is 27.6 Å². The standard InChI is InChI=1S/C27H20Cl2OP.ClH/c28-25-16-17-26(29)27-24(25)18-20(30-27)19-31(21-10-4-1-5-11-21,22-12-6-2-7-13-22)23-14-8-3-9-15-23;/h1-18H,19H2;1H/q+1;/p-1. The Bertz CT molecular complexity index is 1180. The molecule has 5 heteroatoms. The fraction of sp³-hybridized carbons (Fsp3) is 0.0370. The molecule has 160 valence electrons.